The molecule has 1 aliphatic heterocycles. The number of non-ortho nitro benzene ring substituents is 1. The summed E-state index contributed by atoms with van der Waals surface area (Å²) in [6.07, 6.45) is 10.4. The lowest BCUT2D eigenvalue weighted by molar-refractivity contribution is -0.384. The zero-order chi connectivity index (χ0) is 24.0. The molecule has 7 nitrogen and oxygen atoms in total. The molecule has 182 valence electrons. The van der Waals surface area contributed by atoms with Crippen LogP contribution < -0.4 is 10.2 Å². The maximum absolute atomic E-state index is 11.0. The van der Waals surface area contributed by atoms with E-state index in [-0.39, 0.29) is 10.6 Å². The molecule has 2 aliphatic rings. The van der Waals surface area contributed by atoms with Gasteiger partial charge in [-0.15, -0.1) is 0 Å². The van der Waals surface area contributed by atoms with Gasteiger partial charge in [0.05, 0.1) is 10.6 Å². The summed E-state index contributed by atoms with van der Waals surface area (Å²) in [4.78, 5) is 22.4. The van der Waals surface area contributed by atoms with Gasteiger partial charge in [-0.05, 0) is 62.1 Å². The van der Waals surface area contributed by atoms with E-state index in [1.165, 1.54) is 32.1 Å². The van der Waals surface area contributed by atoms with Gasteiger partial charge in [0, 0.05) is 48.7 Å². The molecule has 0 unspecified atom stereocenters. The lowest BCUT2D eigenvalue weighted by atomic mass is 9.77. The van der Waals surface area contributed by atoms with Crippen molar-refractivity contribution >= 4 is 17.3 Å². The third-order valence-electron chi connectivity index (χ3n) is 7.53. The van der Waals surface area contributed by atoms with Crippen molar-refractivity contribution in [3.05, 3.63) is 77.0 Å². The molecule has 0 radical (unpaired) electrons. The fourth-order valence-corrected chi connectivity index (χ4v) is 5.75. The minimum atomic E-state index is -0.335. The number of piperidine rings is 1. The van der Waals surface area contributed by atoms with Crippen LogP contribution in [0.3, 0.4) is 0 Å². The first kappa shape index (κ1) is 23.3. The molecule has 7 heteroatoms. The molecule has 3 atom stereocenters. The van der Waals surface area contributed by atoms with Gasteiger partial charge in [-0.25, -0.2) is 9.97 Å². The molecule has 1 saturated carbocycles. The van der Waals surface area contributed by atoms with E-state index in [0.717, 1.165) is 48.8 Å². The molecule has 1 aliphatic carbocycles. The summed E-state index contributed by atoms with van der Waals surface area (Å²) in [6, 6.07) is 19.6. The summed E-state index contributed by atoms with van der Waals surface area (Å²) < 4.78 is 0. The van der Waals surface area contributed by atoms with Gasteiger partial charge in [-0.2, -0.15) is 0 Å². The standard InChI is InChI=1S/C28H33N5O2/c34-33(35)25-14-12-24(13-15-25)32-18-6-7-21(20-32)19-23-10-4-5-11-26(23)30-28-29-17-16-27(31-28)22-8-2-1-3-9-22/h1-3,8-9,12-17,21,23,26H,4-7,10-11,18-20H2,(H,29,30,31)/t21-,23+,26-/m1/s1. The molecule has 0 spiro atoms. The first-order valence-corrected chi connectivity index (χ1v) is 12.8. The van der Waals surface area contributed by atoms with Crippen molar-refractivity contribution in [3.8, 4) is 11.3 Å². The number of aromatic nitrogens is 2. The molecular weight excluding hydrogens is 438 g/mol. The molecule has 35 heavy (non-hydrogen) atoms. The van der Waals surface area contributed by atoms with Crippen LogP contribution in [0.25, 0.3) is 11.3 Å². The van der Waals surface area contributed by atoms with Crippen LogP contribution in [0, 0.1) is 22.0 Å². The number of nitro groups is 1. The highest BCUT2D eigenvalue weighted by molar-refractivity contribution is 5.59. The van der Waals surface area contributed by atoms with Crippen LogP contribution in [-0.4, -0.2) is 34.0 Å². The Kier molecular flexibility index (Phi) is 7.21. The Morgan fingerprint density at radius 2 is 1.77 bits per heavy atom. The van der Waals surface area contributed by atoms with E-state index in [1.807, 2.05) is 42.6 Å². The van der Waals surface area contributed by atoms with Gasteiger partial charge >= 0.3 is 0 Å². The van der Waals surface area contributed by atoms with Crippen LogP contribution >= 0.6 is 0 Å². The topological polar surface area (TPSA) is 84.2 Å². The van der Waals surface area contributed by atoms with Crippen molar-refractivity contribution in [2.75, 3.05) is 23.3 Å². The Hall–Kier alpha value is -3.48. The highest BCUT2D eigenvalue weighted by Crippen LogP contribution is 2.35. The third kappa shape index (κ3) is 5.78. The van der Waals surface area contributed by atoms with Crippen molar-refractivity contribution in [1.82, 2.24) is 9.97 Å². The SMILES string of the molecule is O=[N+]([O-])c1ccc(N2CCC[C@H](C[C@@H]3CCCC[C@H]3Nc3nccc(-c4ccccc4)n3)C2)cc1. The van der Waals surface area contributed by atoms with Gasteiger partial charge < -0.3 is 10.2 Å². The fourth-order valence-electron chi connectivity index (χ4n) is 5.75. The summed E-state index contributed by atoms with van der Waals surface area (Å²) in [7, 11) is 0. The van der Waals surface area contributed by atoms with Gasteiger partial charge in [0.1, 0.15) is 0 Å². The number of anilines is 2. The lowest BCUT2D eigenvalue weighted by Gasteiger charge is -2.39. The maximum atomic E-state index is 11.0. The first-order chi connectivity index (χ1) is 17.2. The highest BCUT2D eigenvalue weighted by atomic mass is 16.6. The van der Waals surface area contributed by atoms with E-state index in [1.54, 1.807) is 12.1 Å². The molecule has 0 bridgehead atoms. The predicted octanol–water partition coefficient (Wildman–Crippen LogP) is 6.33. The molecule has 2 aromatic carbocycles. The Balaban J connectivity index is 1.23. The second-order valence-corrected chi connectivity index (χ2v) is 9.89. The molecule has 2 fully saturated rings. The predicted molar refractivity (Wildman–Crippen MR) is 139 cm³/mol. The summed E-state index contributed by atoms with van der Waals surface area (Å²) in [5.41, 5.74) is 3.29. The first-order valence-electron chi connectivity index (χ1n) is 12.8. The number of nitrogens with zero attached hydrogens (tertiary/aromatic N) is 4. The van der Waals surface area contributed by atoms with Gasteiger partial charge in [0.2, 0.25) is 5.95 Å². The summed E-state index contributed by atoms with van der Waals surface area (Å²) in [6.45, 7) is 2.03. The monoisotopic (exact) mass is 471 g/mol. The second-order valence-electron chi connectivity index (χ2n) is 9.89. The molecule has 1 aromatic heterocycles. The van der Waals surface area contributed by atoms with Crippen molar-refractivity contribution in [3.63, 3.8) is 0 Å². The molecule has 0 amide bonds. The van der Waals surface area contributed by atoms with Gasteiger partial charge in [-0.3, -0.25) is 10.1 Å². The highest BCUT2D eigenvalue weighted by Gasteiger charge is 2.30. The quantitative estimate of drug-likeness (QED) is 0.320. The average Bonchev–Trinajstić information content (AvgIpc) is 2.91. The largest absolute Gasteiger partial charge is 0.371 e. The molecular formula is C28H33N5O2. The van der Waals surface area contributed by atoms with Gasteiger partial charge in [-0.1, -0.05) is 43.2 Å². The van der Waals surface area contributed by atoms with E-state index in [9.17, 15) is 10.1 Å². The number of nitrogens with one attached hydrogen (secondary N) is 1. The number of benzene rings is 2. The Labute approximate surface area is 206 Å². The van der Waals surface area contributed by atoms with Crippen LogP contribution in [0.15, 0.2) is 66.9 Å². The van der Waals surface area contributed by atoms with Crippen LogP contribution in [-0.2, 0) is 0 Å². The summed E-state index contributed by atoms with van der Waals surface area (Å²) >= 11 is 0. The molecule has 5 rings (SSSR count). The smallest absolute Gasteiger partial charge is 0.269 e. The van der Waals surface area contributed by atoms with Crippen LogP contribution in [0.2, 0.25) is 0 Å². The molecule has 2 heterocycles. The van der Waals surface area contributed by atoms with Gasteiger partial charge in [0.15, 0.2) is 0 Å². The van der Waals surface area contributed by atoms with E-state index < -0.39 is 0 Å². The van der Waals surface area contributed by atoms with Crippen molar-refractivity contribution in [2.24, 2.45) is 11.8 Å². The zero-order valence-electron chi connectivity index (χ0n) is 20.1. The number of hydrogen-bond acceptors (Lipinski definition) is 6. The van der Waals surface area contributed by atoms with Crippen LogP contribution in [0.1, 0.15) is 44.9 Å². The van der Waals surface area contributed by atoms with E-state index >= 15 is 0 Å². The second kappa shape index (κ2) is 10.8. The zero-order valence-corrected chi connectivity index (χ0v) is 20.1. The summed E-state index contributed by atoms with van der Waals surface area (Å²) in [5, 5.41) is 14.7. The Bertz CT molecular complexity index is 1120. The third-order valence-corrected chi connectivity index (χ3v) is 7.53. The minimum Gasteiger partial charge on any atom is -0.371 e. The van der Waals surface area contributed by atoms with Crippen LogP contribution in [0.5, 0.6) is 0 Å². The molecule has 1 N–H and O–H groups in total. The Morgan fingerprint density at radius 3 is 2.57 bits per heavy atom. The molecule has 1 saturated heterocycles. The Morgan fingerprint density at radius 1 is 0.971 bits per heavy atom. The van der Waals surface area contributed by atoms with E-state index in [2.05, 4.69) is 27.3 Å². The van der Waals surface area contributed by atoms with Crippen molar-refractivity contribution < 1.29 is 4.92 Å². The number of rotatable bonds is 7. The minimum absolute atomic E-state index is 0.150. The maximum Gasteiger partial charge on any atom is 0.269 e. The van der Waals surface area contributed by atoms with Crippen LogP contribution in [0.4, 0.5) is 17.3 Å². The number of hydrogen-bond donors (Lipinski definition) is 1. The number of nitro benzene ring substituents is 1. The van der Waals surface area contributed by atoms with E-state index in [0.29, 0.717) is 17.9 Å². The van der Waals surface area contributed by atoms with E-state index in [4.69, 9.17) is 4.98 Å². The average molecular weight is 472 g/mol. The van der Waals surface area contributed by atoms with Crippen molar-refractivity contribution in [2.45, 2.75) is 51.0 Å². The fraction of sp³-hybridized carbons (Fsp3) is 0.429. The summed E-state index contributed by atoms with van der Waals surface area (Å²) in [5.74, 6) is 1.96. The normalized spacial score (nSPS) is 22.5. The van der Waals surface area contributed by atoms with Crippen molar-refractivity contribution in [1.29, 1.82) is 0 Å². The lowest BCUT2D eigenvalue weighted by Crippen LogP contribution is -2.39. The van der Waals surface area contributed by atoms with Gasteiger partial charge in [0.25, 0.3) is 5.69 Å². The molecule has 3 aromatic rings.